The maximum atomic E-state index is 13.3. The molecule has 0 aliphatic carbocycles. The van der Waals surface area contributed by atoms with Crippen molar-refractivity contribution in [2.24, 2.45) is 0 Å². The number of rotatable bonds is 6. The SMILES string of the molecule is CCOc1cc(C(c2cccc(C(F)(F)F)c2)N2CCCNCC2)ccc1OC. The topological polar surface area (TPSA) is 33.7 Å². The lowest BCUT2D eigenvalue weighted by Gasteiger charge is -2.32. The molecule has 2 aromatic carbocycles. The number of ether oxygens (including phenoxy) is 2. The molecule has 0 spiro atoms. The Morgan fingerprint density at radius 3 is 2.55 bits per heavy atom. The highest BCUT2D eigenvalue weighted by molar-refractivity contribution is 5.46. The number of hydrogen-bond donors (Lipinski definition) is 1. The van der Waals surface area contributed by atoms with Crippen molar-refractivity contribution in [1.29, 1.82) is 0 Å². The highest BCUT2D eigenvalue weighted by atomic mass is 19.4. The molecule has 1 unspecified atom stereocenters. The highest BCUT2D eigenvalue weighted by Gasteiger charge is 2.32. The van der Waals surface area contributed by atoms with E-state index in [1.54, 1.807) is 13.2 Å². The third-order valence-electron chi connectivity index (χ3n) is 5.07. The first kappa shape index (κ1) is 21.5. The van der Waals surface area contributed by atoms with Crippen LogP contribution in [0.25, 0.3) is 0 Å². The van der Waals surface area contributed by atoms with Gasteiger partial charge >= 0.3 is 6.18 Å². The number of methoxy groups -OCH3 is 1. The average molecular weight is 408 g/mol. The molecule has 0 amide bonds. The fourth-order valence-electron chi connectivity index (χ4n) is 3.76. The van der Waals surface area contributed by atoms with Crippen molar-refractivity contribution < 1.29 is 22.6 Å². The van der Waals surface area contributed by atoms with Crippen LogP contribution in [-0.2, 0) is 6.18 Å². The number of alkyl halides is 3. The lowest BCUT2D eigenvalue weighted by atomic mass is 9.94. The normalized spacial score (nSPS) is 16.9. The minimum Gasteiger partial charge on any atom is -0.493 e. The average Bonchev–Trinajstić information content (AvgIpc) is 2.98. The van der Waals surface area contributed by atoms with Crippen LogP contribution in [0.15, 0.2) is 42.5 Å². The maximum Gasteiger partial charge on any atom is 0.416 e. The number of benzene rings is 2. The lowest BCUT2D eigenvalue weighted by Crippen LogP contribution is -2.33. The quantitative estimate of drug-likeness (QED) is 0.763. The molecule has 1 saturated heterocycles. The minimum absolute atomic E-state index is 0.303. The van der Waals surface area contributed by atoms with Crippen LogP contribution in [0.5, 0.6) is 11.5 Å². The van der Waals surface area contributed by atoms with Crippen molar-refractivity contribution in [1.82, 2.24) is 10.2 Å². The predicted molar refractivity (Wildman–Crippen MR) is 107 cm³/mol. The van der Waals surface area contributed by atoms with Gasteiger partial charge in [-0.3, -0.25) is 4.90 Å². The lowest BCUT2D eigenvalue weighted by molar-refractivity contribution is -0.137. The first-order valence-corrected chi connectivity index (χ1v) is 9.86. The third-order valence-corrected chi connectivity index (χ3v) is 5.07. The van der Waals surface area contributed by atoms with Gasteiger partial charge in [0.1, 0.15) is 0 Å². The number of hydrogen-bond acceptors (Lipinski definition) is 4. The summed E-state index contributed by atoms with van der Waals surface area (Å²) in [6.07, 6.45) is -3.44. The van der Waals surface area contributed by atoms with E-state index in [2.05, 4.69) is 10.2 Å². The van der Waals surface area contributed by atoms with Crippen LogP contribution in [0.2, 0.25) is 0 Å². The number of nitrogens with one attached hydrogen (secondary N) is 1. The molecule has 0 radical (unpaired) electrons. The van der Waals surface area contributed by atoms with E-state index < -0.39 is 11.7 Å². The molecule has 1 N–H and O–H groups in total. The molecule has 0 bridgehead atoms. The first-order chi connectivity index (χ1) is 13.9. The summed E-state index contributed by atoms with van der Waals surface area (Å²) in [6, 6.07) is 10.9. The molecule has 1 aliphatic heterocycles. The summed E-state index contributed by atoms with van der Waals surface area (Å²) in [5.41, 5.74) is 0.872. The van der Waals surface area contributed by atoms with E-state index in [4.69, 9.17) is 9.47 Å². The molecule has 7 heteroatoms. The standard InChI is InChI=1S/C22H27F3N2O2/c1-3-29-20-15-17(8-9-19(20)28-2)21(27-12-5-10-26-11-13-27)16-6-4-7-18(14-16)22(23,24)25/h4,6-9,14-15,21,26H,3,5,10-13H2,1-2H3. The largest absolute Gasteiger partial charge is 0.493 e. The summed E-state index contributed by atoms with van der Waals surface area (Å²) >= 11 is 0. The molecule has 4 nitrogen and oxygen atoms in total. The zero-order chi connectivity index (χ0) is 20.9. The van der Waals surface area contributed by atoms with Crippen LogP contribution in [0, 0.1) is 0 Å². The van der Waals surface area contributed by atoms with Gasteiger partial charge < -0.3 is 14.8 Å². The summed E-state index contributed by atoms with van der Waals surface area (Å²) in [4.78, 5) is 2.23. The van der Waals surface area contributed by atoms with Crippen LogP contribution >= 0.6 is 0 Å². The Bertz CT molecular complexity index is 803. The van der Waals surface area contributed by atoms with Crippen LogP contribution in [0.1, 0.15) is 36.1 Å². The van der Waals surface area contributed by atoms with Gasteiger partial charge in [0.05, 0.1) is 25.3 Å². The Labute approximate surface area is 169 Å². The van der Waals surface area contributed by atoms with Gasteiger partial charge in [0.25, 0.3) is 0 Å². The van der Waals surface area contributed by atoms with Gasteiger partial charge in [-0.1, -0.05) is 18.2 Å². The minimum atomic E-state index is -4.38. The Morgan fingerprint density at radius 2 is 1.83 bits per heavy atom. The second-order valence-corrected chi connectivity index (χ2v) is 7.01. The van der Waals surface area contributed by atoms with E-state index in [1.807, 2.05) is 25.1 Å². The maximum absolute atomic E-state index is 13.3. The molecular formula is C22H27F3N2O2. The Hall–Kier alpha value is -2.25. The van der Waals surface area contributed by atoms with Gasteiger partial charge in [-0.05, 0) is 55.3 Å². The molecule has 1 aliphatic rings. The molecule has 1 fully saturated rings. The summed E-state index contributed by atoms with van der Waals surface area (Å²) < 4.78 is 51.1. The zero-order valence-corrected chi connectivity index (χ0v) is 16.8. The van der Waals surface area contributed by atoms with Gasteiger partial charge in [-0.2, -0.15) is 13.2 Å². The van der Waals surface area contributed by atoms with Crippen molar-refractivity contribution in [2.45, 2.75) is 25.6 Å². The smallest absolute Gasteiger partial charge is 0.416 e. The molecule has 2 aromatic rings. The third kappa shape index (κ3) is 5.22. The van der Waals surface area contributed by atoms with Crippen LogP contribution in [0.3, 0.4) is 0 Å². The Morgan fingerprint density at radius 1 is 1.03 bits per heavy atom. The van der Waals surface area contributed by atoms with Gasteiger partial charge in [0.15, 0.2) is 11.5 Å². The Kier molecular flexibility index (Phi) is 7.03. The molecular weight excluding hydrogens is 381 g/mol. The van der Waals surface area contributed by atoms with Crippen LogP contribution < -0.4 is 14.8 Å². The van der Waals surface area contributed by atoms with Crippen molar-refractivity contribution in [2.75, 3.05) is 39.9 Å². The monoisotopic (exact) mass is 408 g/mol. The van der Waals surface area contributed by atoms with E-state index in [-0.39, 0.29) is 6.04 Å². The molecule has 29 heavy (non-hydrogen) atoms. The van der Waals surface area contributed by atoms with Crippen LogP contribution in [0.4, 0.5) is 13.2 Å². The molecule has 0 aromatic heterocycles. The number of halogens is 3. The van der Waals surface area contributed by atoms with Crippen molar-refractivity contribution in [3.05, 3.63) is 59.2 Å². The molecule has 0 saturated carbocycles. The van der Waals surface area contributed by atoms with E-state index in [0.29, 0.717) is 23.7 Å². The van der Waals surface area contributed by atoms with Gasteiger partial charge in [0.2, 0.25) is 0 Å². The predicted octanol–water partition coefficient (Wildman–Crippen LogP) is 4.50. The summed E-state index contributed by atoms with van der Waals surface area (Å²) in [5.74, 6) is 1.20. The second kappa shape index (κ2) is 9.50. The van der Waals surface area contributed by atoms with Gasteiger partial charge in [-0.25, -0.2) is 0 Å². The first-order valence-electron chi connectivity index (χ1n) is 9.86. The van der Waals surface area contributed by atoms with E-state index in [9.17, 15) is 13.2 Å². The van der Waals surface area contributed by atoms with E-state index in [0.717, 1.165) is 44.2 Å². The zero-order valence-electron chi connectivity index (χ0n) is 16.8. The fourth-order valence-corrected chi connectivity index (χ4v) is 3.76. The number of nitrogens with zero attached hydrogens (tertiary/aromatic N) is 1. The molecule has 158 valence electrons. The summed E-state index contributed by atoms with van der Waals surface area (Å²) in [5, 5.41) is 3.35. The molecule has 3 rings (SSSR count). The Balaban J connectivity index is 2.08. The summed E-state index contributed by atoms with van der Waals surface area (Å²) in [6.45, 7) is 5.60. The van der Waals surface area contributed by atoms with E-state index in [1.165, 1.54) is 12.1 Å². The second-order valence-electron chi connectivity index (χ2n) is 7.01. The van der Waals surface area contributed by atoms with Gasteiger partial charge in [-0.15, -0.1) is 0 Å². The molecule has 1 atom stereocenters. The van der Waals surface area contributed by atoms with Crippen LogP contribution in [-0.4, -0.2) is 44.8 Å². The van der Waals surface area contributed by atoms with E-state index >= 15 is 0 Å². The highest BCUT2D eigenvalue weighted by Crippen LogP contribution is 2.38. The van der Waals surface area contributed by atoms with Gasteiger partial charge in [0, 0.05) is 19.6 Å². The molecule has 1 heterocycles. The fraction of sp³-hybridized carbons (Fsp3) is 0.455. The van der Waals surface area contributed by atoms with Crippen molar-refractivity contribution in [3.63, 3.8) is 0 Å². The summed E-state index contributed by atoms with van der Waals surface area (Å²) in [7, 11) is 1.57. The van der Waals surface area contributed by atoms with Crippen molar-refractivity contribution in [3.8, 4) is 11.5 Å². The van der Waals surface area contributed by atoms with Crippen molar-refractivity contribution >= 4 is 0 Å².